The molecular weight excluding hydrogens is 294 g/mol. The molecule has 1 aromatic heterocycles. The summed E-state index contributed by atoms with van der Waals surface area (Å²) in [7, 11) is 0. The van der Waals surface area contributed by atoms with Crippen molar-refractivity contribution in [2.24, 2.45) is 0 Å². The van der Waals surface area contributed by atoms with Gasteiger partial charge in [0.25, 0.3) is 0 Å². The molecule has 1 saturated heterocycles. The zero-order valence-electron chi connectivity index (χ0n) is 12.7. The molecule has 1 aromatic carbocycles. The minimum atomic E-state index is 0.160. The number of hydrogen-bond acceptors (Lipinski definition) is 4. The van der Waals surface area contributed by atoms with Gasteiger partial charge in [-0.25, -0.2) is 0 Å². The lowest BCUT2D eigenvalue weighted by Gasteiger charge is -2.16. The Bertz CT molecular complexity index is 728. The largest absolute Gasteiger partial charge is 0.384 e. The number of anilines is 1. The van der Waals surface area contributed by atoms with Crippen molar-refractivity contribution < 1.29 is 0 Å². The van der Waals surface area contributed by atoms with Crippen molar-refractivity contribution in [2.75, 3.05) is 31.5 Å². The van der Waals surface area contributed by atoms with Crippen LogP contribution in [0.5, 0.6) is 0 Å². The highest BCUT2D eigenvalue weighted by Gasteiger charge is 2.16. The quantitative estimate of drug-likeness (QED) is 0.942. The normalized spacial score (nSPS) is 17.6. The number of nitrogens with one attached hydrogen (secondary N) is 1. The fraction of sp³-hybridized carbons (Fsp3) is 0.471. The third-order valence-electron chi connectivity index (χ3n) is 4.73. The first-order valence-corrected chi connectivity index (χ1v) is 8.97. The molecule has 0 aliphatic carbocycles. The molecule has 0 radical (unpaired) electrons. The Balaban J connectivity index is 1.60. The van der Waals surface area contributed by atoms with E-state index in [1.807, 2.05) is 9.95 Å². The molecule has 0 spiro atoms. The Hall–Kier alpha value is -1.59. The molecule has 0 atom stereocenters. The summed E-state index contributed by atoms with van der Waals surface area (Å²) in [6, 6.07) is 6.51. The van der Waals surface area contributed by atoms with Gasteiger partial charge >= 0.3 is 4.87 Å². The first-order valence-electron chi connectivity index (χ1n) is 8.09. The molecule has 5 heteroatoms. The van der Waals surface area contributed by atoms with E-state index in [1.165, 1.54) is 54.1 Å². The van der Waals surface area contributed by atoms with Crippen LogP contribution >= 0.6 is 11.3 Å². The van der Waals surface area contributed by atoms with E-state index in [-0.39, 0.29) is 4.87 Å². The van der Waals surface area contributed by atoms with Crippen LogP contribution in [0.15, 0.2) is 28.4 Å². The zero-order valence-corrected chi connectivity index (χ0v) is 13.5. The van der Waals surface area contributed by atoms with Crippen LogP contribution in [-0.2, 0) is 13.0 Å². The lowest BCUT2D eigenvalue weighted by atomic mass is 10.1. The number of rotatable bonds is 4. The third kappa shape index (κ3) is 2.59. The average molecular weight is 315 g/mol. The molecule has 1 N–H and O–H groups in total. The smallest absolute Gasteiger partial charge is 0.307 e. The van der Waals surface area contributed by atoms with E-state index in [4.69, 9.17) is 0 Å². The second-order valence-electron chi connectivity index (χ2n) is 6.14. The van der Waals surface area contributed by atoms with Crippen LogP contribution < -0.4 is 10.2 Å². The van der Waals surface area contributed by atoms with E-state index in [9.17, 15) is 4.79 Å². The summed E-state index contributed by atoms with van der Waals surface area (Å²) in [5, 5.41) is 5.40. The van der Waals surface area contributed by atoms with Crippen molar-refractivity contribution in [3.63, 3.8) is 0 Å². The first kappa shape index (κ1) is 14.0. The van der Waals surface area contributed by atoms with E-state index < -0.39 is 0 Å². The molecule has 116 valence electrons. The minimum Gasteiger partial charge on any atom is -0.384 e. The van der Waals surface area contributed by atoms with Gasteiger partial charge in [-0.15, -0.1) is 0 Å². The minimum absolute atomic E-state index is 0.160. The van der Waals surface area contributed by atoms with Gasteiger partial charge in [0.2, 0.25) is 0 Å². The Labute approximate surface area is 134 Å². The van der Waals surface area contributed by atoms with Crippen molar-refractivity contribution in [1.29, 1.82) is 0 Å². The van der Waals surface area contributed by atoms with Crippen molar-refractivity contribution in [2.45, 2.75) is 25.8 Å². The maximum Gasteiger partial charge on any atom is 0.307 e. The van der Waals surface area contributed by atoms with E-state index in [0.29, 0.717) is 0 Å². The van der Waals surface area contributed by atoms with Crippen molar-refractivity contribution >= 4 is 17.0 Å². The van der Waals surface area contributed by atoms with Crippen molar-refractivity contribution in [3.8, 4) is 11.3 Å². The molecule has 2 aliphatic heterocycles. The second-order valence-corrected chi connectivity index (χ2v) is 6.96. The van der Waals surface area contributed by atoms with E-state index in [0.717, 1.165) is 31.7 Å². The number of likely N-dealkylation sites (tertiary alicyclic amines) is 1. The highest BCUT2D eigenvalue weighted by molar-refractivity contribution is 7.07. The maximum absolute atomic E-state index is 12.2. The van der Waals surface area contributed by atoms with E-state index in [1.54, 1.807) is 0 Å². The molecule has 3 heterocycles. The number of fused-ring (bicyclic) bond motifs is 1. The topological polar surface area (TPSA) is 37.3 Å². The molecule has 22 heavy (non-hydrogen) atoms. The summed E-state index contributed by atoms with van der Waals surface area (Å²) in [5.41, 5.74) is 4.85. The van der Waals surface area contributed by atoms with Crippen LogP contribution in [-0.4, -0.2) is 35.6 Å². The molecule has 2 aromatic rings. The molecular formula is C17H21N3OS. The van der Waals surface area contributed by atoms with Crippen LogP contribution in [0.1, 0.15) is 18.4 Å². The monoisotopic (exact) mass is 315 g/mol. The molecule has 1 fully saturated rings. The fourth-order valence-corrected chi connectivity index (χ4v) is 4.27. The molecule has 0 unspecified atom stereocenters. The predicted molar refractivity (Wildman–Crippen MR) is 91.9 cm³/mol. The van der Waals surface area contributed by atoms with Crippen molar-refractivity contribution in [3.05, 3.63) is 38.8 Å². The van der Waals surface area contributed by atoms with E-state index >= 15 is 0 Å². The summed E-state index contributed by atoms with van der Waals surface area (Å²) in [6.45, 7) is 5.16. The Morgan fingerprint density at radius 2 is 2.05 bits per heavy atom. The average Bonchev–Trinajstić information content (AvgIpc) is 3.25. The SMILES string of the molecule is O=c1scc(-c2ccc3c(c2)CCN3)n1CCN1CCCC1. The van der Waals surface area contributed by atoms with Crippen molar-refractivity contribution in [1.82, 2.24) is 9.47 Å². The lowest BCUT2D eigenvalue weighted by molar-refractivity contribution is 0.322. The van der Waals surface area contributed by atoms with Gasteiger partial charge in [0, 0.05) is 30.7 Å². The van der Waals surface area contributed by atoms with Gasteiger partial charge in [0.15, 0.2) is 0 Å². The highest BCUT2D eigenvalue weighted by atomic mass is 32.1. The molecule has 0 saturated carbocycles. The maximum atomic E-state index is 12.2. The summed E-state index contributed by atoms with van der Waals surface area (Å²) >= 11 is 1.31. The molecule has 2 aliphatic rings. The summed E-state index contributed by atoms with van der Waals surface area (Å²) in [6.07, 6.45) is 3.66. The Morgan fingerprint density at radius 3 is 2.91 bits per heavy atom. The number of benzene rings is 1. The second kappa shape index (κ2) is 5.89. The summed E-state index contributed by atoms with van der Waals surface area (Å²) < 4.78 is 1.95. The van der Waals surface area contributed by atoms with Gasteiger partial charge in [-0.05, 0) is 55.6 Å². The van der Waals surface area contributed by atoms with Gasteiger partial charge in [-0.1, -0.05) is 17.4 Å². The number of nitrogens with zero attached hydrogens (tertiary/aromatic N) is 2. The molecule has 0 bridgehead atoms. The first-order chi connectivity index (χ1) is 10.8. The highest BCUT2D eigenvalue weighted by Crippen LogP contribution is 2.28. The van der Waals surface area contributed by atoms with Crippen LogP contribution in [0, 0.1) is 0 Å². The lowest BCUT2D eigenvalue weighted by Crippen LogP contribution is -2.27. The number of thiazole rings is 1. The van der Waals surface area contributed by atoms with Crippen LogP contribution in [0.3, 0.4) is 0 Å². The van der Waals surface area contributed by atoms with Gasteiger partial charge in [-0.3, -0.25) is 9.36 Å². The van der Waals surface area contributed by atoms with Gasteiger partial charge in [0.1, 0.15) is 0 Å². The van der Waals surface area contributed by atoms with Gasteiger partial charge in [-0.2, -0.15) is 0 Å². The number of aromatic nitrogens is 1. The molecule has 0 amide bonds. The van der Waals surface area contributed by atoms with E-state index in [2.05, 4.69) is 28.4 Å². The number of hydrogen-bond donors (Lipinski definition) is 1. The fourth-order valence-electron chi connectivity index (χ4n) is 3.48. The predicted octanol–water partition coefficient (Wildman–Crippen LogP) is 2.64. The zero-order chi connectivity index (χ0) is 14.9. The van der Waals surface area contributed by atoms with Gasteiger partial charge in [0.05, 0.1) is 5.69 Å². The molecule has 4 rings (SSSR count). The summed E-state index contributed by atoms with van der Waals surface area (Å²) in [4.78, 5) is 14.8. The van der Waals surface area contributed by atoms with Gasteiger partial charge < -0.3 is 10.2 Å². The van der Waals surface area contributed by atoms with Crippen LogP contribution in [0.25, 0.3) is 11.3 Å². The third-order valence-corrected chi connectivity index (χ3v) is 5.50. The summed E-state index contributed by atoms with van der Waals surface area (Å²) in [5.74, 6) is 0. The Kier molecular flexibility index (Phi) is 3.76. The molecule has 4 nitrogen and oxygen atoms in total. The van der Waals surface area contributed by atoms with Crippen LogP contribution in [0.4, 0.5) is 5.69 Å². The Morgan fingerprint density at radius 1 is 1.18 bits per heavy atom. The standard InChI is InChI=1S/C17H21N3OS/c21-17-20(10-9-19-7-1-2-8-19)16(12-22-17)14-3-4-15-13(11-14)5-6-18-15/h3-4,11-12,18H,1-2,5-10H2. The van der Waals surface area contributed by atoms with Crippen LogP contribution in [0.2, 0.25) is 0 Å².